The summed E-state index contributed by atoms with van der Waals surface area (Å²) in [6.45, 7) is 1.31. The molecule has 1 unspecified atom stereocenters. The van der Waals surface area contributed by atoms with Crippen molar-refractivity contribution in [3.63, 3.8) is 0 Å². The van der Waals surface area contributed by atoms with E-state index in [0.717, 1.165) is 26.4 Å². The van der Waals surface area contributed by atoms with Crippen LogP contribution in [-0.2, 0) is 15.1 Å². The smallest absolute Gasteiger partial charge is 0.325 e. The fourth-order valence-electron chi connectivity index (χ4n) is 4.30. The normalized spacial score (nSPS) is 18.2. The van der Waals surface area contributed by atoms with Crippen molar-refractivity contribution in [3.05, 3.63) is 90.5 Å². The summed E-state index contributed by atoms with van der Waals surface area (Å²) in [7, 11) is 0. The van der Waals surface area contributed by atoms with E-state index in [2.05, 4.69) is 10.6 Å². The van der Waals surface area contributed by atoms with Gasteiger partial charge >= 0.3 is 6.03 Å². The summed E-state index contributed by atoms with van der Waals surface area (Å²) in [5.74, 6) is -0.890. The molecule has 1 fully saturated rings. The minimum Gasteiger partial charge on any atom is -0.325 e. The SMILES string of the molecule is CC1(c2cccc3ccccc23)NC(=O)N(CC(=O)Nc2ccc3ccccc3c2)C1=O. The third-order valence-electron chi connectivity index (χ3n) is 5.94. The topological polar surface area (TPSA) is 78.5 Å². The molecule has 0 aromatic heterocycles. The molecule has 1 aliphatic heterocycles. The highest BCUT2D eigenvalue weighted by molar-refractivity contribution is 6.11. The Morgan fingerprint density at radius 3 is 2.38 bits per heavy atom. The van der Waals surface area contributed by atoms with Crippen molar-refractivity contribution in [2.75, 3.05) is 11.9 Å². The molecule has 2 N–H and O–H groups in total. The number of benzene rings is 4. The maximum atomic E-state index is 13.3. The molecule has 158 valence electrons. The van der Waals surface area contributed by atoms with Gasteiger partial charge in [-0.1, -0.05) is 72.8 Å². The lowest BCUT2D eigenvalue weighted by Crippen LogP contribution is -2.42. The van der Waals surface area contributed by atoms with Crippen LogP contribution < -0.4 is 10.6 Å². The number of nitrogens with zero attached hydrogens (tertiary/aromatic N) is 1. The zero-order valence-corrected chi connectivity index (χ0v) is 17.5. The van der Waals surface area contributed by atoms with Crippen molar-refractivity contribution in [2.45, 2.75) is 12.5 Å². The molecule has 1 saturated heterocycles. The highest BCUT2D eigenvalue weighted by Gasteiger charge is 2.50. The molecular formula is C26H21N3O3. The third kappa shape index (κ3) is 3.26. The van der Waals surface area contributed by atoms with E-state index in [9.17, 15) is 14.4 Å². The quantitative estimate of drug-likeness (QED) is 0.478. The van der Waals surface area contributed by atoms with Crippen molar-refractivity contribution in [1.82, 2.24) is 10.2 Å². The summed E-state index contributed by atoms with van der Waals surface area (Å²) in [4.78, 5) is 39.6. The van der Waals surface area contributed by atoms with Crippen LogP contribution in [-0.4, -0.2) is 29.3 Å². The number of urea groups is 1. The fourth-order valence-corrected chi connectivity index (χ4v) is 4.30. The van der Waals surface area contributed by atoms with Gasteiger partial charge in [-0.25, -0.2) is 4.79 Å². The van der Waals surface area contributed by atoms with E-state index in [0.29, 0.717) is 11.3 Å². The minimum atomic E-state index is -1.25. The van der Waals surface area contributed by atoms with Crippen molar-refractivity contribution in [1.29, 1.82) is 0 Å². The van der Waals surface area contributed by atoms with Gasteiger partial charge in [-0.3, -0.25) is 14.5 Å². The summed E-state index contributed by atoms with van der Waals surface area (Å²) in [5.41, 5.74) is 0.0604. The number of hydrogen-bond donors (Lipinski definition) is 2. The molecule has 4 amide bonds. The monoisotopic (exact) mass is 423 g/mol. The Morgan fingerprint density at radius 2 is 1.56 bits per heavy atom. The van der Waals surface area contributed by atoms with Crippen molar-refractivity contribution in [3.8, 4) is 0 Å². The van der Waals surface area contributed by atoms with Crippen molar-refractivity contribution < 1.29 is 14.4 Å². The number of nitrogens with one attached hydrogen (secondary N) is 2. The molecule has 5 rings (SSSR count). The standard InChI is InChI=1S/C26H21N3O3/c1-26(22-12-6-10-18-8-4-5-11-21(18)22)24(31)29(25(32)28-26)16-23(30)27-20-14-13-17-7-2-3-9-19(17)15-20/h2-15H,16H2,1H3,(H,27,30)(H,28,32). The highest BCUT2D eigenvalue weighted by Crippen LogP contribution is 2.33. The van der Waals surface area contributed by atoms with Gasteiger partial charge in [0.1, 0.15) is 12.1 Å². The van der Waals surface area contributed by atoms with Crippen LogP contribution in [0.25, 0.3) is 21.5 Å². The number of fused-ring (bicyclic) bond motifs is 2. The Kier molecular flexibility index (Phi) is 4.63. The van der Waals surface area contributed by atoms with Gasteiger partial charge in [0.25, 0.3) is 5.91 Å². The van der Waals surface area contributed by atoms with E-state index < -0.39 is 23.4 Å². The molecule has 0 radical (unpaired) electrons. The average Bonchev–Trinajstić information content (AvgIpc) is 3.02. The van der Waals surface area contributed by atoms with E-state index in [1.807, 2.05) is 78.9 Å². The predicted octanol–water partition coefficient (Wildman–Crippen LogP) is 4.40. The molecule has 32 heavy (non-hydrogen) atoms. The van der Waals surface area contributed by atoms with Crippen molar-refractivity contribution >= 4 is 45.1 Å². The Bertz CT molecular complexity index is 1390. The number of amides is 4. The number of rotatable bonds is 4. The highest BCUT2D eigenvalue weighted by atomic mass is 16.2. The summed E-state index contributed by atoms with van der Waals surface area (Å²) in [5, 5.41) is 9.48. The van der Waals surface area contributed by atoms with E-state index in [1.54, 1.807) is 13.0 Å². The molecule has 0 aliphatic carbocycles. The molecule has 0 bridgehead atoms. The lowest BCUT2D eigenvalue weighted by molar-refractivity contribution is -0.133. The van der Waals surface area contributed by atoms with Crippen LogP contribution in [0.1, 0.15) is 12.5 Å². The van der Waals surface area contributed by atoms with Gasteiger partial charge in [-0.2, -0.15) is 0 Å². The lowest BCUT2D eigenvalue weighted by Gasteiger charge is -2.24. The lowest BCUT2D eigenvalue weighted by atomic mass is 9.88. The first-order valence-electron chi connectivity index (χ1n) is 10.4. The average molecular weight is 423 g/mol. The van der Waals surface area contributed by atoms with Gasteiger partial charge in [-0.05, 0) is 46.2 Å². The Hall–Kier alpha value is -4.19. The van der Waals surface area contributed by atoms with Crippen LogP contribution in [0, 0.1) is 0 Å². The molecule has 1 aliphatic rings. The molecule has 0 saturated carbocycles. The van der Waals surface area contributed by atoms with Gasteiger partial charge in [0.2, 0.25) is 5.91 Å². The second-order valence-electron chi connectivity index (χ2n) is 8.08. The van der Waals surface area contributed by atoms with Gasteiger partial charge in [0.15, 0.2) is 0 Å². The molecular weight excluding hydrogens is 402 g/mol. The molecule has 0 spiro atoms. The van der Waals surface area contributed by atoms with Crippen LogP contribution >= 0.6 is 0 Å². The summed E-state index contributed by atoms with van der Waals surface area (Å²) < 4.78 is 0. The number of carbonyl (C=O) groups excluding carboxylic acids is 3. The van der Waals surface area contributed by atoms with Crippen LogP contribution in [0.4, 0.5) is 10.5 Å². The molecule has 1 atom stereocenters. The Balaban J connectivity index is 1.38. The first kappa shape index (κ1) is 19.8. The van der Waals surface area contributed by atoms with Gasteiger partial charge in [0, 0.05) is 5.69 Å². The van der Waals surface area contributed by atoms with E-state index >= 15 is 0 Å². The number of imide groups is 1. The molecule has 4 aromatic rings. The van der Waals surface area contributed by atoms with Gasteiger partial charge < -0.3 is 10.6 Å². The van der Waals surface area contributed by atoms with E-state index in [-0.39, 0.29) is 6.54 Å². The summed E-state index contributed by atoms with van der Waals surface area (Å²) >= 11 is 0. The first-order chi connectivity index (χ1) is 15.5. The second kappa shape index (κ2) is 7.50. The molecule has 4 aromatic carbocycles. The molecule has 1 heterocycles. The number of anilines is 1. The van der Waals surface area contributed by atoms with E-state index in [1.165, 1.54) is 0 Å². The van der Waals surface area contributed by atoms with Crippen LogP contribution in [0.15, 0.2) is 84.9 Å². The Morgan fingerprint density at radius 1 is 0.875 bits per heavy atom. The third-order valence-corrected chi connectivity index (χ3v) is 5.94. The number of hydrogen-bond acceptors (Lipinski definition) is 3. The predicted molar refractivity (Wildman–Crippen MR) is 124 cm³/mol. The van der Waals surface area contributed by atoms with Crippen molar-refractivity contribution in [2.24, 2.45) is 0 Å². The van der Waals surface area contributed by atoms with Crippen LogP contribution in [0.2, 0.25) is 0 Å². The van der Waals surface area contributed by atoms with E-state index in [4.69, 9.17) is 0 Å². The number of carbonyl (C=O) groups is 3. The van der Waals surface area contributed by atoms with Gasteiger partial charge in [-0.15, -0.1) is 0 Å². The maximum absolute atomic E-state index is 13.3. The maximum Gasteiger partial charge on any atom is 0.325 e. The zero-order chi connectivity index (χ0) is 22.3. The molecule has 6 nitrogen and oxygen atoms in total. The van der Waals surface area contributed by atoms with Gasteiger partial charge in [0.05, 0.1) is 0 Å². The Labute approximate surface area is 184 Å². The summed E-state index contributed by atoms with van der Waals surface area (Å²) in [6.07, 6.45) is 0. The first-order valence-corrected chi connectivity index (χ1v) is 10.4. The summed E-state index contributed by atoms with van der Waals surface area (Å²) in [6, 6.07) is 26.2. The zero-order valence-electron chi connectivity index (χ0n) is 17.5. The van der Waals surface area contributed by atoms with Crippen LogP contribution in [0.5, 0.6) is 0 Å². The second-order valence-corrected chi connectivity index (χ2v) is 8.08. The molecule has 6 heteroatoms. The minimum absolute atomic E-state index is 0.363. The van der Waals surface area contributed by atoms with Crippen LogP contribution in [0.3, 0.4) is 0 Å². The fraction of sp³-hybridized carbons (Fsp3) is 0.115. The largest absolute Gasteiger partial charge is 0.325 e.